The highest BCUT2D eigenvalue weighted by molar-refractivity contribution is 6.05. The molecule has 4 aromatic rings. The number of phenols is 1. The van der Waals surface area contributed by atoms with Crippen molar-refractivity contribution in [1.29, 1.82) is 0 Å². The summed E-state index contributed by atoms with van der Waals surface area (Å²) in [7, 11) is 0. The first-order valence-corrected chi connectivity index (χ1v) is 19.0. The molecule has 3 amide bonds. The first kappa shape index (κ1) is 36.9. The van der Waals surface area contributed by atoms with E-state index in [0.29, 0.717) is 37.5 Å². The number of ether oxygens (including phenoxy) is 2. The van der Waals surface area contributed by atoms with Crippen LogP contribution in [0.25, 0.3) is 11.1 Å². The number of amides is 3. The second-order valence-electron chi connectivity index (χ2n) is 14.1. The van der Waals surface area contributed by atoms with Crippen molar-refractivity contribution in [1.82, 2.24) is 20.0 Å². The Morgan fingerprint density at radius 2 is 1.39 bits per heavy atom. The Labute approximate surface area is 317 Å². The second kappa shape index (κ2) is 17.1. The van der Waals surface area contributed by atoms with Crippen molar-refractivity contribution in [3.8, 4) is 17.2 Å². The number of fused-ring (bicyclic) bond motifs is 1. The Kier molecular flexibility index (Phi) is 11.7. The number of allylic oxidation sites excluding steroid dienone is 1. The van der Waals surface area contributed by atoms with E-state index in [4.69, 9.17) is 9.47 Å². The van der Waals surface area contributed by atoms with Gasteiger partial charge in [0.15, 0.2) is 0 Å². The zero-order valence-corrected chi connectivity index (χ0v) is 30.8. The van der Waals surface area contributed by atoms with E-state index >= 15 is 0 Å². The molecule has 2 fully saturated rings. The Bertz CT molecular complexity index is 1980. The molecule has 0 bridgehead atoms. The molecule has 0 saturated carbocycles. The molecular formula is C44H48N4O6. The van der Waals surface area contributed by atoms with Crippen LogP contribution in [0.3, 0.4) is 0 Å². The number of nitrogens with one attached hydrogen (secondary N) is 1. The predicted octanol–water partition coefficient (Wildman–Crippen LogP) is 5.99. The lowest BCUT2D eigenvalue weighted by Gasteiger charge is -2.29. The molecule has 3 aliphatic rings. The van der Waals surface area contributed by atoms with E-state index in [1.54, 1.807) is 23.1 Å². The first-order chi connectivity index (χ1) is 26.4. The SMILES string of the molecule is CCC(=C(c1ccc(O)cc1)c1ccc(OCCN2CCCN(CCOc3ccc4c(c3)CN(C3CCC(=O)NC3=O)C4=O)CC2)cc1)c1ccccc1. The molecule has 54 heavy (non-hydrogen) atoms. The van der Waals surface area contributed by atoms with Gasteiger partial charge in [0.1, 0.15) is 36.5 Å². The number of piperidine rings is 1. The van der Waals surface area contributed by atoms with Crippen LogP contribution in [0, 0.1) is 0 Å². The van der Waals surface area contributed by atoms with Gasteiger partial charge in [0, 0.05) is 44.7 Å². The number of benzene rings is 4. The molecule has 10 heteroatoms. The van der Waals surface area contributed by atoms with Gasteiger partial charge in [-0.05, 0) is 108 Å². The summed E-state index contributed by atoms with van der Waals surface area (Å²) >= 11 is 0. The molecule has 4 aromatic carbocycles. The smallest absolute Gasteiger partial charge is 0.255 e. The van der Waals surface area contributed by atoms with Crippen molar-refractivity contribution in [2.24, 2.45) is 0 Å². The summed E-state index contributed by atoms with van der Waals surface area (Å²) in [5.74, 6) is 0.929. The molecule has 0 radical (unpaired) electrons. The number of hydrogen-bond donors (Lipinski definition) is 2. The summed E-state index contributed by atoms with van der Waals surface area (Å²) in [5, 5.41) is 12.3. The monoisotopic (exact) mass is 728 g/mol. The minimum atomic E-state index is -0.623. The van der Waals surface area contributed by atoms with Gasteiger partial charge in [-0.3, -0.25) is 29.5 Å². The summed E-state index contributed by atoms with van der Waals surface area (Å²) < 4.78 is 12.3. The van der Waals surface area contributed by atoms with E-state index in [1.165, 1.54) is 11.1 Å². The maximum Gasteiger partial charge on any atom is 0.255 e. The fourth-order valence-electron chi connectivity index (χ4n) is 7.72. The summed E-state index contributed by atoms with van der Waals surface area (Å²) in [5.41, 5.74) is 7.18. The molecule has 7 rings (SSSR count). The van der Waals surface area contributed by atoms with Crippen LogP contribution in [0.15, 0.2) is 97.1 Å². The minimum absolute atomic E-state index is 0.179. The number of hydrogen-bond acceptors (Lipinski definition) is 8. The topological polar surface area (TPSA) is 112 Å². The Morgan fingerprint density at radius 1 is 0.759 bits per heavy atom. The molecule has 0 aromatic heterocycles. The van der Waals surface area contributed by atoms with Crippen molar-refractivity contribution in [3.05, 3.63) is 125 Å². The molecule has 2 N–H and O–H groups in total. The number of imide groups is 1. The molecule has 2 saturated heterocycles. The van der Waals surface area contributed by atoms with Crippen molar-refractivity contribution in [3.63, 3.8) is 0 Å². The zero-order chi connectivity index (χ0) is 37.4. The Balaban J connectivity index is 0.873. The van der Waals surface area contributed by atoms with Crippen molar-refractivity contribution in [2.75, 3.05) is 52.5 Å². The third-order valence-corrected chi connectivity index (χ3v) is 10.6. The molecule has 3 heterocycles. The lowest BCUT2D eigenvalue weighted by Crippen LogP contribution is -2.52. The molecular weight excluding hydrogens is 681 g/mol. The van der Waals surface area contributed by atoms with Gasteiger partial charge >= 0.3 is 0 Å². The highest BCUT2D eigenvalue weighted by atomic mass is 16.5. The Morgan fingerprint density at radius 3 is 2.04 bits per heavy atom. The number of carbonyl (C=O) groups is 3. The average Bonchev–Trinajstić information content (AvgIpc) is 3.34. The van der Waals surface area contributed by atoms with Gasteiger partial charge < -0.3 is 19.5 Å². The third kappa shape index (κ3) is 8.67. The third-order valence-electron chi connectivity index (χ3n) is 10.6. The molecule has 0 aliphatic carbocycles. The Hall–Kier alpha value is -5.45. The minimum Gasteiger partial charge on any atom is -0.508 e. The normalized spacial score (nSPS) is 18.5. The van der Waals surface area contributed by atoms with Crippen molar-refractivity contribution >= 4 is 28.9 Å². The number of aromatic hydroxyl groups is 1. The molecule has 1 unspecified atom stereocenters. The molecule has 3 aliphatic heterocycles. The molecule has 280 valence electrons. The van der Waals surface area contributed by atoms with Gasteiger partial charge in [-0.25, -0.2) is 0 Å². The number of phenolic OH excluding ortho intramolecular Hbond substituents is 1. The van der Waals surface area contributed by atoms with E-state index in [1.807, 2.05) is 42.5 Å². The summed E-state index contributed by atoms with van der Waals surface area (Å²) in [6, 6.07) is 31.1. The predicted molar refractivity (Wildman–Crippen MR) is 208 cm³/mol. The van der Waals surface area contributed by atoms with E-state index in [2.05, 4.69) is 58.4 Å². The lowest BCUT2D eigenvalue weighted by atomic mass is 9.88. The van der Waals surface area contributed by atoms with Crippen molar-refractivity contribution in [2.45, 2.75) is 45.2 Å². The van der Waals surface area contributed by atoms with E-state index in [9.17, 15) is 19.5 Å². The maximum atomic E-state index is 13.0. The van der Waals surface area contributed by atoms with E-state index < -0.39 is 11.9 Å². The summed E-state index contributed by atoms with van der Waals surface area (Å²) in [6.07, 6.45) is 2.52. The van der Waals surface area contributed by atoms with E-state index in [-0.39, 0.29) is 24.0 Å². The highest BCUT2D eigenvalue weighted by Gasteiger charge is 2.39. The van der Waals surface area contributed by atoms with Crippen LogP contribution in [-0.4, -0.2) is 96.1 Å². The molecule has 1 atom stereocenters. The van der Waals surface area contributed by atoms with E-state index in [0.717, 1.165) is 80.1 Å². The van der Waals surface area contributed by atoms with Crippen LogP contribution in [0.1, 0.15) is 65.2 Å². The lowest BCUT2D eigenvalue weighted by molar-refractivity contribution is -0.136. The number of nitrogens with zero attached hydrogens (tertiary/aromatic N) is 3. The number of carbonyl (C=O) groups excluding carboxylic acids is 3. The van der Waals surface area contributed by atoms with Gasteiger partial charge in [0.25, 0.3) is 5.91 Å². The maximum absolute atomic E-state index is 13.0. The van der Waals surface area contributed by atoms with Crippen molar-refractivity contribution < 1.29 is 29.0 Å². The van der Waals surface area contributed by atoms with Gasteiger partial charge in [-0.2, -0.15) is 0 Å². The second-order valence-corrected chi connectivity index (χ2v) is 14.1. The van der Waals surface area contributed by atoms with Crippen LogP contribution in [0.5, 0.6) is 17.2 Å². The quantitative estimate of drug-likeness (QED) is 0.128. The van der Waals surface area contributed by atoms with Crippen LogP contribution >= 0.6 is 0 Å². The van der Waals surface area contributed by atoms with Gasteiger partial charge in [0.05, 0.1) is 0 Å². The largest absolute Gasteiger partial charge is 0.508 e. The van der Waals surface area contributed by atoms with Crippen LogP contribution < -0.4 is 14.8 Å². The fraction of sp³-hybridized carbons (Fsp3) is 0.341. The summed E-state index contributed by atoms with van der Waals surface area (Å²) in [6.45, 7) is 9.24. The first-order valence-electron chi connectivity index (χ1n) is 19.0. The highest BCUT2D eigenvalue weighted by Crippen LogP contribution is 2.36. The summed E-state index contributed by atoms with van der Waals surface area (Å²) in [4.78, 5) is 43.4. The van der Waals surface area contributed by atoms with Gasteiger partial charge in [-0.1, -0.05) is 61.5 Å². The fourth-order valence-corrected chi connectivity index (χ4v) is 7.72. The average molecular weight is 729 g/mol. The molecule has 0 spiro atoms. The standard InChI is InChI=1S/C44H48N4O6/c1-2-38(31-7-4-3-5-8-31)42(32-9-13-35(49)14-10-32)33-11-15-36(16-12-33)53-27-25-46-21-6-22-47(24-23-46)26-28-54-37-17-18-39-34(29-37)30-48(44(39)52)40-19-20-41(50)45-43(40)51/h3-5,7-18,29,40,49H,2,6,19-28,30H2,1H3,(H,45,50,51). The van der Waals surface area contributed by atoms with Gasteiger partial charge in [-0.15, -0.1) is 0 Å². The van der Waals surface area contributed by atoms with Crippen LogP contribution in [-0.2, 0) is 16.1 Å². The van der Waals surface area contributed by atoms with Crippen LogP contribution in [0.2, 0.25) is 0 Å². The number of rotatable bonds is 13. The van der Waals surface area contributed by atoms with Gasteiger partial charge in [0.2, 0.25) is 11.8 Å². The van der Waals surface area contributed by atoms with Crippen LogP contribution in [0.4, 0.5) is 0 Å². The zero-order valence-electron chi connectivity index (χ0n) is 30.8. The molecule has 10 nitrogen and oxygen atoms in total.